The van der Waals surface area contributed by atoms with Crippen molar-refractivity contribution in [2.45, 2.75) is 12.8 Å². The lowest BCUT2D eigenvalue weighted by molar-refractivity contribution is -0.384. The molecule has 1 spiro atoms. The van der Waals surface area contributed by atoms with Gasteiger partial charge in [0, 0.05) is 23.4 Å². The first-order chi connectivity index (χ1) is 14.5. The summed E-state index contributed by atoms with van der Waals surface area (Å²) in [5.41, 5.74) is 0.926. The van der Waals surface area contributed by atoms with Crippen LogP contribution < -0.4 is 10.1 Å². The van der Waals surface area contributed by atoms with Crippen LogP contribution in [0.1, 0.15) is 23.2 Å². The van der Waals surface area contributed by atoms with Gasteiger partial charge in [0.25, 0.3) is 11.6 Å². The number of hydrogen-bond acceptors (Lipinski definition) is 4. The number of amides is 1. The molecule has 6 nitrogen and oxygen atoms in total. The zero-order valence-electron chi connectivity index (χ0n) is 16.2. The first kappa shape index (κ1) is 18.4. The Morgan fingerprint density at radius 2 is 1.87 bits per heavy atom. The number of fused-ring (bicyclic) bond motifs is 1. The zero-order chi connectivity index (χ0) is 20.7. The highest BCUT2D eigenvalue weighted by Gasteiger charge is 2.53. The van der Waals surface area contributed by atoms with Crippen molar-refractivity contribution in [3.63, 3.8) is 0 Å². The fourth-order valence-corrected chi connectivity index (χ4v) is 4.73. The Hall–Kier alpha value is -3.67. The molecule has 2 aromatic carbocycles. The molecule has 1 saturated carbocycles. The van der Waals surface area contributed by atoms with Crippen LogP contribution >= 0.6 is 0 Å². The molecule has 0 heterocycles. The fourth-order valence-electron chi connectivity index (χ4n) is 4.73. The van der Waals surface area contributed by atoms with E-state index >= 15 is 0 Å². The lowest BCUT2D eigenvalue weighted by Gasteiger charge is -2.34. The number of ether oxygens (including phenoxy) is 1. The van der Waals surface area contributed by atoms with Gasteiger partial charge in [-0.2, -0.15) is 0 Å². The molecular formula is C24H20N2O4. The minimum absolute atomic E-state index is 0.0117. The second-order valence-corrected chi connectivity index (χ2v) is 8.01. The molecule has 3 atom stereocenters. The van der Waals surface area contributed by atoms with Gasteiger partial charge in [-0.05, 0) is 67.2 Å². The molecule has 6 heteroatoms. The number of carbonyl (C=O) groups is 1. The highest BCUT2D eigenvalue weighted by Crippen LogP contribution is 2.59. The molecule has 0 aliphatic heterocycles. The van der Waals surface area contributed by atoms with E-state index in [4.69, 9.17) is 4.74 Å². The van der Waals surface area contributed by atoms with Crippen LogP contribution in [0.5, 0.6) is 5.75 Å². The van der Waals surface area contributed by atoms with Gasteiger partial charge in [0.2, 0.25) is 0 Å². The molecule has 0 radical (unpaired) electrons. The maximum atomic E-state index is 12.4. The van der Waals surface area contributed by atoms with Crippen LogP contribution in [-0.4, -0.2) is 10.8 Å². The highest BCUT2D eigenvalue weighted by atomic mass is 16.6. The van der Waals surface area contributed by atoms with E-state index < -0.39 is 4.92 Å². The maximum absolute atomic E-state index is 12.4. The first-order valence-corrected chi connectivity index (χ1v) is 9.95. The average Bonchev–Trinajstić information content (AvgIpc) is 3.29. The Kier molecular flexibility index (Phi) is 4.28. The smallest absolute Gasteiger partial charge is 0.269 e. The van der Waals surface area contributed by atoms with Gasteiger partial charge < -0.3 is 10.1 Å². The lowest BCUT2D eigenvalue weighted by atomic mass is 9.74. The van der Waals surface area contributed by atoms with Crippen molar-refractivity contribution in [2.24, 2.45) is 17.3 Å². The topological polar surface area (TPSA) is 81.5 Å². The number of non-ortho nitro benzene ring substituents is 1. The predicted molar refractivity (Wildman–Crippen MR) is 113 cm³/mol. The summed E-state index contributed by atoms with van der Waals surface area (Å²) < 4.78 is 6.25. The summed E-state index contributed by atoms with van der Waals surface area (Å²) in [5.74, 6) is 2.51. The van der Waals surface area contributed by atoms with Gasteiger partial charge in [-0.1, -0.05) is 24.3 Å². The van der Waals surface area contributed by atoms with E-state index in [0.717, 1.165) is 17.9 Å². The van der Waals surface area contributed by atoms with E-state index in [-0.39, 0.29) is 17.0 Å². The lowest BCUT2D eigenvalue weighted by Crippen LogP contribution is -2.28. The number of nitrogens with zero attached hydrogens (tertiary/aromatic N) is 1. The van der Waals surface area contributed by atoms with Crippen molar-refractivity contribution in [3.05, 3.63) is 100 Å². The van der Waals surface area contributed by atoms with Crippen LogP contribution in [0.4, 0.5) is 11.4 Å². The number of anilines is 1. The Bertz CT molecular complexity index is 1100. The number of nitrogens with one attached hydrogen (secondary N) is 1. The minimum Gasteiger partial charge on any atom is -0.461 e. The third-order valence-electron chi connectivity index (χ3n) is 6.19. The Morgan fingerprint density at radius 1 is 1.10 bits per heavy atom. The maximum Gasteiger partial charge on any atom is 0.269 e. The largest absolute Gasteiger partial charge is 0.461 e. The van der Waals surface area contributed by atoms with Crippen LogP contribution in [0.3, 0.4) is 0 Å². The van der Waals surface area contributed by atoms with Crippen LogP contribution in [0.2, 0.25) is 0 Å². The molecule has 2 aromatic rings. The van der Waals surface area contributed by atoms with E-state index in [9.17, 15) is 14.9 Å². The second-order valence-electron chi connectivity index (χ2n) is 8.01. The fraction of sp³-hybridized carbons (Fsp3) is 0.208. The minimum atomic E-state index is -0.493. The van der Waals surface area contributed by atoms with Crippen molar-refractivity contribution in [1.82, 2.24) is 0 Å². The SMILES string of the molecule is O=C(Nc1ccc(OC2=CC3CC4C=CC=CC24C3)cc1)c1ccc([N+](=O)[O-])cc1. The summed E-state index contributed by atoms with van der Waals surface area (Å²) in [6, 6.07) is 12.8. The van der Waals surface area contributed by atoms with Gasteiger partial charge in [-0.25, -0.2) is 0 Å². The van der Waals surface area contributed by atoms with Gasteiger partial charge >= 0.3 is 0 Å². The number of allylic oxidation sites excluding steroid dienone is 5. The average molecular weight is 400 g/mol. The van der Waals surface area contributed by atoms with Crippen molar-refractivity contribution < 1.29 is 14.5 Å². The van der Waals surface area contributed by atoms with Gasteiger partial charge in [-0.15, -0.1) is 0 Å². The van der Waals surface area contributed by atoms with E-state index in [1.807, 2.05) is 12.1 Å². The van der Waals surface area contributed by atoms with Crippen molar-refractivity contribution >= 4 is 17.3 Å². The summed E-state index contributed by atoms with van der Waals surface area (Å²) >= 11 is 0. The number of nitro benzene ring substituents is 1. The third kappa shape index (κ3) is 3.10. The monoisotopic (exact) mass is 400 g/mol. The molecule has 150 valence electrons. The van der Waals surface area contributed by atoms with Crippen molar-refractivity contribution in [1.29, 1.82) is 0 Å². The number of carbonyl (C=O) groups excluding carboxylic acids is 1. The molecule has 5 rings (SSSR count). The summed E-state index contributed by atoms with van der Waals surface area (Å²) in [7, 11) is 0. The first-order valence-electron chi connectivity index (χ1n) is 9.95. The summed E-state index contributed by atoms with van der Waals surface area (Å²) in [6.07, 6.45) is 13.3. The Balaban J connectivity index is 1.26. The number of rotatable bonds is 5. The molecule has 2 bridgehead atoms. The van der Waals surface area contributed by atoms with Crippen LogP contribution in [0.15, 0.2) is 84.7 Å². The molecule has 3 aliphatic rings. The van der Waals surface area contributed by atoms with E-state index in [2.05, 4.69) is 35.7 Å². The Morgan fingerprint density at radius 3 is 2.60 bits per heavy atom. The molecular weight excluding hydrogens is 380 g/mol. The molecule has 1 amide bonds. The summed E-state index contributed by atoms with van der Waals surface area (Å²) in [4.78, 5) is 22.6. The van der Waals surface area contributed by atoms with Gasteiger partial charge in [0.05, 0.1) is 10.3 Å². The molecule has 3 unspecified atom stereocenters. The van der Waals surface area contributed by atoms with E-state index in [1.54, 1.807) is 12.1 Å². The van der Waals surface area contributed by atoms with Gasteiger partial charge in [0.15, 0.2) is 0 Å². The summed E-state index contributed by atoms with van der Waals surface area (Å²) in [5, 5.41) is 13.5. The standard InChI is InChI=1S/C24H20N2O4/c27-23(17-4-8-20(9-5-17)26(28)29)25-19-6-10-21(11-7-19)30-22-14-16-13-18-3-1-2-12-24(18,22)15-16/h1-12,14,16,18H,13,15H2,(H,25,27). The highest BCUT2D eigenvalue weighted by molar-refractivity contribution is 6.04. The Labute approximate surface area is 173 Å². The molecule has 0 saturated heterocycles. The van der Waals surface area contributed by atoms with Crippen molar-refractivity contribution in [3.8, 4) is 5.75 Å². The molecule has 3 aliphatic carbocycles. The molecule has 0 aromatic heterocycles. The van der Waals surface area contributed by atoms with Gasteiger partial charge in [0.1, 0.15) is 11.5 Å². The van der Waals surface area contributed by atoms with Gasteiger partial charge in [-0.3, -0.25) is 14.9 Å². The number of nitro groups is 1. The number of benzene rings is 2. The quantitative estimate of drug-likeness (QED) is 0.548. The molecule has 30 heavy (non-hydrogen) atoms. The van der Waals surface area contributed by atoms with Crippen LogP contribution in [0.25, 0.3) is 0 Å². The third-order valence-corrected chi connectivity index (χ3v) is 6.19. The number of hydrogen-bond donors (Lipinski definition) is 1. The van der Waals surface area contributed by atoms with Crippen LogP contribution in [0, 0.1) is 27.4 Å². The van der Waals surface area contributed by atoms with Crippen molar-refractivity contribution in [2.75, 3.05) is 5.32 Å². The summed E-state index contributed by atoms with van der Waals surface area (Å²) in [6.45, 7) is 0. The molecule has 1 fully saturated rings. The predicted octanol–water partition coefficient (Wildman–Crippen LogP) is 5.26. The van der Waals surface area contributed by atoms with E-state index in [0.29, 0.717) is 23.1 Å². The van der Waals surface area contributed by atoms with Crippen LogP contribution in [-0.2, 0) is 0 Å². The normalized spacial score (nSPS) is 25.5. The second kappa shape index (κ2) is 6.99. The van der Waals surface area contributed by atoms with E-state index in [1.165, 1.54) is 30.7 Å². The molecule has 1 N–H and O–H groups in total. The zero-order valence-corrected chi connectivity index (χ0v) is 16.2.